The third kappa shape index (κ3) is 2.06. The number of nitriles is 2. The molecule has 0 unspecified atom stereocenters. The SMILES string of the molecule is N#CC1(C#N)[C@H](c2ccco2)[C@H](C(=O)C2CC2)N2c3ccccc3C=C[C@@H]21. The van der Waals surface area contributed by atoms with E-state index < -0.39 is 23.4 Å². The molecule has 27 heavy (non-hydrogen) atoms. The van der Waals surface area contributed by atoms with E-state index in [9.17, 15) is 15.3 Å². The molecule has 1 aromatic carbocycles. The Bertz CT molecular complexity index is 1010. The van der Waals surface area contributed by atoms with Gasteiger partial charge in [-0.1, -0.05) is 30.4 Å². The van der Waals surface area contributed by atoms with Gasteiger partial charge in [-0.05, 0) is 36.6 Å². The van der Waals surface area contributed by atoms with Crippen LogP contribution in [0.1, 0.15) is 30.1 Å². The molecule has 0 N–H and O–H groups in total. The third-order valence-corrected chi connectivity index (χ3v) is 6.04. The van der Waals surface area contributed by atoms with Crippen molar-refractivity contribution in [1.29, 1.82) is 10.5 Å². The van der Waals surface area contributed by atoms with Gasteiger partial charge in [0.2, 0.25) is 0 Å². The van der Waals surface area contributed by atoms with Crippen LogP contribution < -0.4 is 4.90 Å². The number of hydrogen-bond acceptors (Lipinski definition) is 5. The van der Waals surface area contributed by atoms with Crippen LogP contribution in [0.4, 0.5) is 5.69 Å². The highest BCUT2D eigenvalue weighted by molar-refractivity contribution is 5.95. The summed E-state index contributed by atoms with van der Waals surface area (Å²) >= 11 is 0. The van der Waals surface area contributed by atoms with Gasteiger partial charge in [-0.3, -0.25) is 4.79 Å². The van der Waals surface area contributed by atoms with Crippen molar-refractivity contribution < 1.29 is 9.21 Å². The van der Waals surface area contributed by atoms with E-state index >= 15 is 0 Å². The number of nitrogens with zero attached hydrogens (tertiary/aromatic N) is 3. The van der Waals surface area contributed by atoms with Crippen molar-refractivity contribution in [2.45, 2.75) is 30.8 Å². The Morgan fingerprint density at radius 2 is 1.93 bits per heavy atom. The van der Waals surface area contributed by atoms with Gasteiger partial charge in [-0.25, -0.2) is 0 Å². The zero-order valence-corrected chi connectivity index (χ0v) is 14.6. The summed E-state index contributed by atoms with van der Waals surface area (Å²) in [7, 11) is 0. The number of anilines is 1. The van der Waals surface area contributed by atoms with E-state index in [1.54, 1.807) is 12.1 Å². The summed E-state index contributed by atoms with van der Waals surface area (Å²) in [6, 6.07) is 14.8. The fourth-order valence-electron chi connectivity index (χ4n) is 4.64. The van der Waals surface area contributed by atoms with Crippen LogP contribution in [0.2, 0.25) is 0 Å². The minimum atomic E-state index is -1.39. The van der Waals surface area contributed by atoms with Gasteiger partial charge in [-0.15, -0.1) is 0 Å². The summed E-state index contributed by atoms with van der Waals surface area (Å²) in [4.78, 5) is 15.4. The van der Waals surface area contributed by atoms with E-state index in [2.05, 4.69) is 12.1 Å². The zero-order valence-electron chi connectivity index (χ0n) is 14.6. The summed E-state index contributed by atoms with van der Waals surface area (Å²) in [6.45, 7) is 0. The molecule has 5 rings (SSSR count). The minimum Gasteiger partial charge on any atom is -0.469 e. The molecule has 0 amide bonds. The lowest BCUT2D eigenvalue weighted by Crippen LogP contribution is -2.44. The maximum atomic E-state index is 13.4. The van der Waals surface area contributed by atoms with Crippen molar-refractivity contribution >= 4 is 17.5 Å². The van der Waals surface area contributed by atoms with Crippen molar-refractivity contribution in [3.63, 3.8) is 0 Å². The summed E-state index contributed by atoms with van der Waals surface area (Å²) in [6.07, 6.45) is 7.13. The number of benzene rings is 1. The molecular weight excluding hydrogens is 338 g/mol. The second kappa shape index (κ2) is 5.59. The second-order valence-corrected chi connectivity index (χ2v) is 7.48. The van der Waals surface area contributed by atoms with E-state index in [0.29, 0.717) is 5.76 Å². The van der Waals surface area contributed by atoms with Gasteiger partial charge in [-0.2, -0.15) is 10.5 Å². The van der Waals surface area contributed by atoms with Gasteiger partial charge in [0.1, 0.15) is 11.8 Å². The highest BCUT2D eigenvalue weighted by atomic mass is 16.3. The van der Waals surface area contributed by atoms with Gasteiger partial charge in [0, 0.05) is 11.6 Å². The summed E-state index contributed by atoms with van der Waals surface area (Å²) < 4.78 is 5.65. The topological polar surface area (TPSA) is 81.0 Å². The molecule has 2 aromatic rings. The molecule has 2 fully saturated rings. The van der Waals surface area contributed by atoms with Crippen LogP contribution in [0.3, 0.4) is 0 Å². The highest BCUT2D eigenvalue weighted by Gasteiger charge is 2.65. The highest BCUT2D eigenvalue weighted by Crippen LogP contribution is 2.56. The molecule has 3 atom stereocenters. The lowest BCUT2D eigenvalue weighted by molar-refractivity contribution is -0.121. The Morgan fingerprint density at radius 1 is 1.15 bits per heavy atom. The standard InChI is InChI=1S/C22H17N3O2/c23-12-22(13-24)18-10-9-14-4-1-2-5-16(14)25(18)20(21(26)15-7-8-15)19(22)17-6-3-11-27-17/h1-6,9-11,15,18-20H,7-8H2/t18-,19-,20-/m1/s1. The minimum absolute atomic E-state index is 0.0133. The first-order chi connectivity index (χ1) is 13.2. The van der Waals surface area contributed by atoms with Crippen LogP contribution in [-0.2, 0) is 4.79 Å². The van der Waals surface area contributed by atoms with E-state index in [-0.39, 0.29) is 11.7 Å². The molecule has 0 spiro atoms. The monoisotopic (exact) mass is 355 g/mol. The molecule has 0 bridgehead atoms. The van der Waals surface area contributed by atoms with Crippen LogP contribution in [0, 0.1) is 34.0 Å². The Morgan fingerprint density at radius 3 is 2.59 bits per heavy atom. The molecule has 0 radical (unpaired) electrons. The molecule has 1 saturated heterocycles. The molecule has 1 aliphatic carbocycles. The Balaban J connectivity index is 1.77. The number of para-hydroxylation sites is 1. The Hall–Kier alpha value is -3.31. The first-order valence-corrected chi connectivity index (χ1v) is 9.16. The molecule has 5 heteroatoms. The van der Waals surface area contributed by atoms with Crippen molar-refractivity contribution in [3.05, 3.63) is 60.1 Å². The number of ketones is 1. The van der Waals surface area contributed by atoms with Crippen LogP contribution >= 0.6 is 0 Å². The van der Waals surface area contributed by atoms with Gasteiger partial charge in [0.15, 0.2) is 11.2 Å². The van der Waals surface area contributed by atoms with Crippen LogP contribution in [-0.4, -0.2) is 17.9 Å². The molecule has 1 aromatic heterocycles. The van der Waals surface area contributed by atoms with Crippen molar-refractivity contribution in [2.75, 3.05) is 4.90 Å². The molecule has 1 saturated carbocycles. The third-order valence-electron chi connectivity index (χ3n) is 6.04. The number of carbonyl (C=O) groups is 1. The largest absolute Gasteiger partial charge is 0.469 e. The zero-order chi connectivity index (χ0) is 18.6. The molecule has 2 aliphatic heterocycles. The number of carbonyl (C=O) groups excluding carboxylic acids is 1. The van der Waals surface area contributed by atoms with Gasteiger partial charge < -0.3 is 9.32 Å². The maximum absolute atomic E-state index is 13.4. The summed E-state index contributed by atoms with van der Waals surface area (Å²) in [5.41, 5.74) is 0.497. The number of furan rings is 1. The van der Waals surface area contributed by atoms with Gasteiger partial charge in [0.25, 0.3) is 0 Å². The summed E-state index contributed by atoms with van der Waals surface area (Å²) in [5, 5.41) is 20.3. The van der Waals surface area contributed by atoms with Crippen LogP contribution in [0.25, 0.3) is 6.08 Å². The second-order valence-electron chi connectivity index (χ2n) is 7.48. The normalized spacial score (nSPS) is 27.3. The molecule has 3 aliphatic rings. The van der Waals surface area contributed by atoms with E-state index in [1.165, 1.54) is 6.26 Å². The van der Waals surface area contributed by atoms with Crippen LogP contribution in [0.5, 0.6) is 0 Å². The lowest BCUT2D eigenvalue weighted by Gasteiger charge is -2.35. The molecule has 132 valence electrons. The van der Waals surface area contributed by atoms with Gasteiger partial charge in [0.05, 0.1) is 30.4 Å². The Labute approximate surface area is 157 Å². The van der Waals surface area contributed by atoms with Crippen LogP contribution in [0.15, 0.2) is 53.2 Å². The smallest absolute Gasteiger partial charge is 0.179 e. The van der Waals surface area contributed by atoms with Crippen molar-refractivity contribution in [1.82, 2.24) is 0 Å². The quantitative estimate of drug-likeness (QED) is 0.839. The molecular formula is C22H17N3O2. The number of fused-ring (bicyclic) bond motifs is 3. The Kier molecular flexibility index (Phi) is 3.29. The van der Waals surface area contributed by atoms with E-state index in [4.69, 9.17) is 4.42 Å². The predicted molar refractivity (Wildman–Crippen MR) is 98.4 cm³/mol. The lowest BCUT2D eigenvalue weighted by atomic mass is 9.71. The number of hydrogen-bond donors (Lipinski definition) is 0. The number of Topliss-reactive ketones (excluding diaryl/α,β-unsaturated/α-hetero) is 1. The summed E-state index contributed by atoms with van der Waals surface area (Å²) in [5.74, 6) is 0.0204. The predicted octanol–water partition coefficient (Wildman–Crippen LogP) is 3.66. The fourth-order valence-corrected chi connectivity index (χ4v) is 4.64. The fraction of sp³-hybridized carbons (Fsp3) is 0.318. The van der Waals surface area contributed by atoms with Crippen molar-refractivity contribution in [3.8, 4) is 12.1 Å². The molecule has 5 nitrogen and oxygen atoms in total. The number of rotatable bonds is 3. The maximum Gasteiger partial charge on any atom is 0.179 e. The molecule has 3 heterocycles. The average Bonchev–Trinajstić information content (AvgIpc) is 3.33. The average molecular weight is 355 g/mol. The first kappa shape index (κ1) is 15.9. The van der Waals surface area contributed by atoms with E-state index in [0.717, 1.165) is 24.1 Å². The van der Waals surface area contributed by atoms with Gasteiger partial charge >= 0.3 is 0 Å². The van der Waals surface area contributed by atoms with E-state index in [1.807, 2.05) is 41.3 Å². The first-order valence-electron chi connectivity index (χ1n) is 9.16. The van der Waals surface area contributed by atoms with Crippen molar-refractivity contribution in [2.24, 2.45) is 11.3 Å².